The van der Waals surface area contributed by atoms with Crippen LogP contribution in [-0.2, 0) is 9.59 Å². The van der Waals surface area contributed by atoms with E-state index < -0.39 is 11.8 Å². The molecule has 2 amide bonds. The Balaban J connectivity index is 2.44. The van der Waals surface area contributed by atoms with Crippen molar-refractivity contribution in [3.8, 4) is 11.8 Å². The lowest BCUT2D eigenvalue weighted by molar-refractivity contribution is -0.121. The third kappa shape index (κ3) is 3.40. The van der Waals surface area contributed by atoms with Gasteiger partial charge in [-0.05, 0) is 6.07 Å². The molecule has 0 bridgehead atoms. The van der Waals surface area contributed by atoms with Crippen LogP contribution < -0.4 is 15.8 Å². The van der Waals surface area contributed by atoms with Crippen molar-refractivity contribution in [1.82, 2.24) is 5.32 Å². The standard InChI is InChI=1S/C15H15N3O3S/c1-21-12-5-3-2-4-9(12)10-6-14(20)18-15(11(10)7-16)22-8-13(17)19/h2-5,10H,6,8H2,1H3,(H2,17,19)(H,18,20)/t10-/m1/s1. The van der Waals surface area contributed by atoms with Crippen molar-refractivity contribution < 1.29 is 14.3 Å². The molecular formula is C15H15N3O3S. The summed E-state index contributed by atoms with van der Waals surface area (Å²) in [5.41, 5.74) is 6.31. The van der Waals surface area contributed by atoms with Crippen LogP contribution in [0.4, 0.5) is 0 Å². The van der Waals surface area contributed by atoms with Crippen LogP contribution in [0, 0.1) is 11.3 Å². The minimum Gasteiger partial charge on any atom is -0.496 e. The number of ether oxygens (including phenoxy) is 1. The lowest BCUT2D eigenvalue weighted by atomic mass is 9.86. The van der Waals surface area contributed by atoms with Gasteiger partial charge in [-0.25, -0.2) is 0 Å². The molecule has 0 aliphatic carbocycles. The van der Waals surface area contributed by atoms with E-state index in [9.17, 15) is 14.9 Å². The first-order chi connectivity index (χ1) is 10.6. The van der Waals surface area contributed by atoms with Gasteiger partial charge in [-0.15, -0.1) is 0 Å². The van der Waals surface area contributed by atoms with Crippen molar-refractivity contribution >= 4 is 23.6 Å². The first-order valence-corrected chi connectivity index (χ1v) is 7.53. The maximum absolute atomic E-state index is 11.9. The van der Waals surface area contributed by atoms with Gasteiger partial charge in [0.05, 0.1) is 29.5 Å². The van der Waals surface area contributed by atoms with E-state index in [0.717, 1.165) is 17.3 Å². The molecule has 0 fully saturated rings. The molecular weight excluding hydrogens is 302 g/mol. The lowest BCUT2D eigenvalue weighted by Gasteiger charge is -2.26. The summed E-state index contributed by atoms with van der Waals surface area (Å²) in [5.74, 6) is -0.496. The van der Waals surface area contributed by atoms with E-state index in [2.05, 4.69) is 11.4 Å². The predicted molar refractivity (Wildman–Crippen MR) is 82.8 cm³/mol. The van der Waals surface area contributed by atoms with Gasteiger partial charge in [0.15, 0.2) is 0 Å². The van der Waals surface area contributed by atoms with Gasteiger partial charge in [-0.2, -0.15) is 5.26 Å². The zero-order valence-corrected chi connectivity index (χ0v) is 12.8. The summed E-state index contributed by atoms with van der Waals surface area (Å²) in [5, 5.41) is 12.5. The minimum absolute atomic E-state index is 0.000558. The Morgan fingerprint density at radius 3 is 2.91 bits per heavy atom. The third-order valence-electron chi connectivity index (χ3n) is 3.23. The van der Waals surface area contributed by atoms with E-state index >= 15 is 0 Å². The van der Waals surface area contributed by atoms with Crippen LogP contribution in [0.2, 0.25) is 0 Å². The molecule has 2 rings (SSSR count). The molecule has 0 radical (unpaired) electrons. The molecule has 1 aliphatic rings. The van der Waals surface area contributed by atoms with Crippen molar-refractivity contribution in [2.75, 3.05) is 12.9 Å². The Morgan fingerprint density at radius 1 is 1.55 bits per heavy atom. The zero-order valence-electron chi connectivity index (χ0n) is 12.0. The number of rotatable bonds is 5. The van der Waals surface area contributed by atoms with Crippen molar-refractivity contribution in [3.05, 3.63) is 40.4 Å². The van der Waals surface area contributed by atoms with Crippen molar-refractivity contribution in [3.63, 3.8) is 0 Å². The summed E-state index contributed by atoms with van der Waals surface area (Å²) in [6, 6.07) is 9.40. The van der Waals surface area contributed by atoms with Crippen LogP contribution >= 0.6 is 11.8 Å². The number of hydrogen-bond acceptors (Lipinski definition) is 5. The van der Waals surface area contributed by atoms with Crippen LogP contribution in [0.15, 0.2) is 34.9 Å². The number of thioether (sulfide) groups is 1. The topological polar surface area (TPSA) is 105 Å². The number of nitriles is 1. The summed E-state index contributed by atoms with van der Waals surface area (Å²) in [7, 11) is 1.54. The molecule has 0 spiro atoms. The summed E-state index contributed by atoms with van der Waals surface area (Å²) in [4.78, 5) is 22.9. The average molecular weight is 317 g/mol. The Kier molecular flexibility index (Phi) is 5.07. The highest BCUT2D eigenvalue weighted by molar-refractivity contribution is 8.03. The van der Waals surface area contributed by atoms with Crippen LogP contribution in [0.1, 0.15) is 17.9 Å². The monoisotopic (exact) mass is 317 g/mol. The molecule has 1 heterocycles. The Hall–Kier alpha value is -2.46. The molecule has 114 valence electrons. The van der Waals surface area contributed by atoms with Gasteiger partial charge in [0, 0.05) is 17.9 Å². The van der Waals surface area contributed by atoms with Gasteiger partial charge in [0.1, 0.15) is 5.75 Å². The highest BCUT2D eigenvalue weighted by Gasteiger charge is 2.31. The fraction of sp³-hybridized carbons (Fsp3) is 0.267. The van der Waals surface area contributed by atoms with E-state index in [0.29, 0.717) is 16.4 Å². The van der Waals surface area contributed by atoms with Gasteiger partial charge in [-0.1, -0.05) is 30.0 Å². The smallest absolute Gasteiger partial charge is 0.227 e. The summed E-state index contributed by atoms with van der Waals surface area (Å²) in [6.45, 7) is 0. The van der Waals surface area contributed by atoms with Gasteiger partial charge >= 0.3 is 0 Å². The lowest BCUT2D eigenvalue weighted by Crippen LogP contribution is -2.31. The number of nitrogens with two attached hydrogens (primary N) is 1. The largest absolute Gasteiger partial charge is 0.496 e. The molecule has 1 aromatic rings. The molecule has 3 N–H and O–H groups in total. The molecule has 22 heavy (non-hydrogen) atoms. The van der Waals surface area contributed by atoms with Gasteiger partial charge < -0.3 is 15.8 Å². The number of allylic oxidation sites excluding steroid dienone is 1. The predicted octanol–water partition coefficient (Wildman–Crippen LogP) is 1.25. The van der Waals surface area contributed by atoms with Gasteiger partial charge in [0.2, 0.25) is 11.8 Å². The number of carbonyl (C=O) groups is 2. The van der Waals surface area contributed by atoms with E-state index in [-0.39, 0.29) is 18.1 Å². The van der Waals surface area contributed by atoms with Gasteiger partial charge in [0.25, 0.3) is 0 Å². The van der Waals surface area contributed by atoms with Crippen LogP contribution in [0.25, 0.3) is 0 Å². The van der Waals surface area contributed by atoms with E-state index in [1.807, 2.05) is 18.2 Å². The fourth-order valence-corrected chi connectivity index (χ4v) is 3.11. The number of carbonyl (C=O) groups excluding carboxylic acids is 2. The maximum Gasteiger partial charge on any atom is 0.227 e. The minimum atomic E-state index is -0.511. The second kappa shape index (κ2) is 7.00. The number of methoxy groups -OCH3 is 1. The maximum atomic E-state index is 11.9. The average Bonchev–Trinajstić information content (AvgIpc) is 2.52. The number of hydrogen-bond donors (Lipinski definition) is 2. The highest BCUT2D eigenvalue weighted by atomic mass is 32.2. The number of nitrogens with zero attached hydrogens (tertiary/aromatic N) is 1. The first kappa shape index (κ1) is 15.9. The molecule has 1 aliphatic heterocycles. The molecule has 1 aromatic carbocycles. The van der Waals surface area contributed by atoms with E-state index in [1.54, 1.807) is 13.2 Å². The SMILES string of the molecule is COc1ccccc1[C@H]1CC(=O)NC(SCC(N)=O)=C1C#N. The highest BCUT2D eigenvalue weighted by Crippen LogP contribution is 2.39. The third-order valence-corrected chi connectivity index (χ3v) is 4.27. The number of amides is 2. The quantitative estimate of drug-likeness (QED) is 0.850. The molecule has 0 saturated carbocycles. The number of para-hydroxylation sites is 1. The van der Waals surface area contributed by atoms with Crippen molar-refractivity contribution in [2.45, 2.75) is 12.3 Å². The number of nitrogens with one attached hydrogen (secondary N) is 1. The van der Waals surface area contributed by atoms with Crippen LogP contribution in [0.5, 0.6) is 5.75 Å². The molecule has 6 nitrogen and oxygen atoms in total. The molecule has 0 unspecified atom stereocenters. The normalized spacial score (nSPS) is 17.6. The zero-order chi connectivity index (χ0) is 16.1. The first-order valence-electron chi connectivity index (χ1n) is 6.55. The second-order valence-electron chi connectivity index (χ2n) is 4.66. The van der Waals surface area contributed by atoms with Gasteiger partial charge in [-0.3, -0.25) is 9.59 Å². The summed E-state index contributed by atoms with van der Waals surface area (Å²) >= 11 is 1.06. The fourth-order valence-electron chi connectivity index (χ4n) is 2.30. The molecule has 7 heteroatoms. The molecule has 0 saturated heterocycles. The Bertz CT molecular complexity index is 679. The van der Waals surface area contributed by atoms with E-state index in [4.69, 9.17) is 10.5 Å². The molecule has 0 aromatic heterocycles. The summed E-state index contributed by atoms with van der Waals surface area (Å²) < 4.78 is 5.32. The van der Waals surface area contributed by atoms with Crippen LogP contribution in [-0.4, -0.2) is 24.7 Å². The molecule has 1 atom stereocenters. The second-order valence-corrected chi connectivity index (χ2v) is 5.64. The van der Waals surface area contributed by atoms with Crippen molar-refractivity contribution in [1.29, 1.82) is 5.26 Å². The van der Waals surface area contributed by atoms with Crippen molar-refractivity contribution in [2.24, 2.45) is 5.73 Å². The number of benzene rings is 1. The van der Waals surface area contributed by atoms with E-state index in [1.165, 1.54) is 0 Å². The Morgan fingerprint density at radius 2 is 2.27 bits per heavy atom. The van der Waals surface area contributed by atoms with Crippen LogP contribution in [0.3, 0.4) is 0 Å². The summed E-state index contributed by atoms with van der Waals surface area (Å²) in [6.07, 6.45) is 0.157. The number of primary amides is 1. The Labute approximate surface area is 132 Å².